The largest absolute Gasteiger partial charge is 0.377 e. The molecule has 0 radical (unpaired) electrons. The molecular formula is C14H19Cl2NO3S. The van der Waals surface area contributed by atoms with E-state index in [0.29, 0.717) is 22.8 Å². The minimum atomic E-state index is -3.75. The standard InChI is InChI=1S/C14H19Cl2NO3S/c1-8-7-11(15)9(2)14(13(8)16)21(18,19)17-10(3)12-5-4-6-20-12/h7,10,12,17H,4-6H2,1-3H3/t10-,12-/m0/s1. The van der Waals surface area contributed by atoms with Crippen molar-refractivity contribution in [3.8, 4) is 0 Å². The van der Waals surface area contributed by atoms with E-state index < -0.39 is 10.0 Å². The third-order valence-corrected chi connectivity index (χ3v) is 6.44. The fourth-order valence-corrected chi connectivity index (χ4v) is 4.99. The van der Waals surface area contributed by atoms with Crippen LogP contribution in [-0.2, 0) is 14.8 Å². The molecule has 21 heavy (non-hydrogen) atoms. The zero-order valence-corrected chi connectivity index (χ0v) is 14.6. The second kappa shape index (κ2) is 6.42. The van der Waals surface area contributed by atoms with Gasteiger partial charge in [-0.05, 0) is 50.8 Å². The molecule has 0 amide bonds. The van der Waals surface area contributed by atoms with Crippen LogP contribution < -0.4 is 4.72 Å². The molecule has 1 aromatic rings. The van der Waals surface area contributed by atoms with E-state index >= 15 is 0 Å². The summed E-state index contributed by atoms with van der Waals surface area (Å²) in [6.07, 6.45) is 1.71. The van der Waals surface area contributed by atoms with Crippen LogP contribution >= 0.6 is 23.2 Å². The van der Waals surface area contributed by atoms with Crippen LogP contribution in [0.15, 0.2) is 11.0 Å². The molecule has 0 bridgehead atoms. The van der Waals surface area contributed by atoms with Crippen molar-refractivity contribution in [1.29, 1.82) is 0 Å². The van der Waals surface area contributed by atoms with Gasteiger partial charge in [-0.3, -0.25) is 0 Å². The summed E-state index contributed by atoms with van der Waals surface area (Å²) >= 11 is 12.3. The smallest absolute Gasteiger partial charge is 0.242 e. The van der Waals surface area contributed by atoms with Gasteiger partial charge in [-0.2, -0.15) is 0 Å². The maximum atomic E-state index is 12.6. The first kappa shape index (κ1) is 17.0. The van der Waals surface area contributed by atoms with Crippen LogP contribution in [0.2, 0.25) is 10.0 Å². The fourth-order valence-electron chi connectivity index (χ4n) is 2.51. The van der Waals surface area contributed by atoms with Crippen LogP contribution in [-0.4, -0.2) is 27.2 Å². The van der Waals surface area contributed by atoms with Crippen LogP contribution in [0, 0.1) is 13.8 Å². The summed E-state index contributed by atoms with van der Waals surface area (Å²) in [5.74, 6) is 0. The summed E-state index contributed by atoms with van der Waals surface area (Å²) in [7, 11) is -3.75. The molecule has 1 aliphatic rings. The lowest BCUT2D eigenvalue weighted by Gasteiger charge is -2.21. The number of aryl methyl sites for hydroxylation is 1. The van der Waals surface area contributed by atoms with Crippen molar-refractivity contribution in [1.82, 2.24) is 4.72 Å². The van der Waals surface area contributed by atoms with Gasteiger partial charge in [-0.1, -0.05) is 23.2 Å². The van der Waals surface area contributed by atoms with Crippen molar-refractivity contribution in [3.63, 3.8) is 0 Å². The topological polar surface area (TPSA) is 55.4 Å². The van der Waals surface area contributed by atoms with Gasteiger partial charge >= 0.3 is 0 Å². The Morgan fingerprint density at radius 2 is 2.05 bits per heavy atom. The Morgan fingerprint density at radius 3 is 2.62 bits per heavy atom. The molecule has 0 saturated carbocycles. The average Bonchev–Trinajstić information content (AvgIpc) is 2.89. The molecule has 1 aromatic carbocycles. The molecule has 0 aromatic heterocycles. The highest BCUT2D eigenvalue weighted by molar-refractivity contribution is 7.89. The van der Waals surface area contributed by atoms with E-state index in [9.17, 15) is 8.42 Å². The number of sulfonamides is 1. The first-order valence-corrected chi connectivity index (χ1v) is 9.07. The zero-order chi connectivity index (χ0) is 15.8. The van der Waals surface area contributed by atoms with Crippen LogP contribution in [0.1, 0.15) is 30.9 Å². The Kier molecular flexibility index (Phi) is 5.21. The molecule has 1 aliphatic heterocycles. The molecule has 0 aliphatic carbocycles. The van der Waals surface area contributed by atoms with Gasteiger partial charge in [0.05, 0.1) is 11.1 Å². The minimum absolute atomic E-state index is 0.0546. The number of ether oxygens (including phenoxy) is 1. The molecule has 4 nitrogen and oxygen atoms in total. The Morgan fingerprint density at radius 1 is 1.38 bits per heavy atom. The van der Waals surface area contributed by atoms with Crippen molar-refractivity contribution in [2.45, 2.75) is 50.7 Å². The number of hydrogen-bond donors (Lipinski definition) is 1. The van der Waals surface area contributed by atoms with E-state index in [2.05, 4.69) is 4.72 Å². The first-order chi connectivity index (χ1) is 9.74. The summed E-state index contributed by atoms with van der Waals surface area (Å²) in [6, 6.07) is 1.36. The van der Waals surface area contributed by atoms with Crippen molar-refractivity contribution < 1.29 is 13.2 Å². The van der Waals surface area contributed by atoms with Crippen LogP contribution in [0.5, 0.6) is 0 Å². The molecule has 2 atom stereocenters. The summed E-state index contributed by atoms with van der Waals surface area (Å²) in [4.78, 5) is 0.0546. The Balaban J connectivity index is 2.35. The lowest BCUT2D eigenvalue weighted by molar-refractivity contribution is 0.0902. The molecule has 1 heterocycles. The lowest BCUT2D eigenvalue weighted by Crippen LogP contribution is -2.41. The Labute approximate surface area is 135 Å². The van der Waals surface area contributed by atoms with E-state index in [1.54, 1.807) is 26.8 Å². The number of halogens is 2. The van der Waals surface area contributed by atoms with E-state index in [-0.39, 0.29) is 22.1 Å². The highest BCUT2D eigenvalue weighted by Crippen LogP contribution is 2.33. The number of rotatable bonds is 4. The van der Waals surface area contributed by atoms with Gasteiger partial charge in [0.1, 0.15) is 4.90 Å². The van der Waals surface area contributed by atoms with Crippen molar-refractivity contribution in [2.24, 2.45) is 0 Å². The van der Waals surface area contributed by atoms with Crippen molar-refractivity contribution >= 4 is 33.2 Å². The average molecular weight is 352 g/mol. The monoisotopic (exact) mass is 351 g/mol. The normalized spacial score (nSPS) is 20.7. The van der Waals surface area contributed by atoms with E-state index in [1.807, 2.05) is 0 Å². The maximum absolute atomic E-state index is 12.6. The summed E-state index contributed by atoms with van der Waals surface area (Å²) in [5, 5.41) is 0.603. The van der Waals surface area contributed by atoms with Crippen molar-refractivity contribution in [2.75, 3.05) is 6.61 Å². The fraction of sp³-hybridized carbons (Fsp3) is 0.571. The number of benzene rings is 1. The molecule has 7 heteroatoms. The highest BCUT2D eigenvalue weighted by Gasteiger charge is 2.30. The number of hydrogen-bond acceptors (Lipinski definition) is 3. The van der Waals surface area contributed by atoms with Crippen LogP contribution in [0.25, 0.3) is 0 Å². The Hall–Kier alpha value is -0.330. The third kappa shape index (κ3) is 3.54. The molecule has 1 N–H and O–H groups in total. The zero-order valence-electron chi connectivity index (χ0n) is 12.2. The molecule has 2 rings (SSSR count). The number of nitrogens with one attached hydrogen (secondary N) is 1. The lowest BCUT2D eigenvalue weighted by atomic mass is 10.1. The SMILES string of the molecule is Cc1cc(Cl)c(C)c(S(=O)(=O)N[C@@H](C)[C@@H]2CCCO2)c1Cl. The predicted molar refractivity (Wildman–Crippen MR) is 84.7 cm³/mol. The molecular weight excluding hydrogens is 333 g/mol. The maximum Gasteiger partial charge on any atom is 0.242 e. The summed E-state index contributed by atoms with van der Waals surface area (Å²) < 4.78 is 33.4. The Bertz CT molecular complexity index is 614. The van der Waals surface area contributed by atoms with Gasteiger partial charge in [0, 0.05) is 17.7 Å². The highest BCUT2D eigenvalue weighted by atomic mass is 35.5. The van der Waals surface area contributed by atoms with Crippen molar-refractivity contribution in [3.05, 3.63) is 27.2 Å². The molecule has 0 unspecified atom stereocenters. The molecule has 0 spiro atoms. The van der Waals surface area contributed by atoms with Gasteiger partial charge in [-0.15, -0.1) is 0 Å². The second-order valence-electron chi connectivity index (χ2n) is 5.40. The predicted octanol–water partition coefficient (Wildman–Crippen LogP) is 3.46. The molecule has 1 fully saturated rings. The van der Waals surface area contributed by atoms with Gasteiger partial charge < -0.3 is 4.74 Å². The van der Waals surface area contributed by atoms with Crippen LogP contribution in [0.4, 0.5) is 0 Å². The van der Waals surface area contributed by atoms with Gasteiger partial charge in [0.2, 0.25) is 10.0 Å². The van der Waals surface area contributed by atoms with E-state index in [4.69, 9.17) is 27.9 Å². The van der Waals surface area contributed by atoms with E-state index in [1.165, 1.54) is 0 Å². The minimum Gasteiger partial charge on any atom is -0.377 e. The van der Waals surface area contributed by atoms with Gasteiger partial charge in [0.25, 0.3) is 0 Å². The third-order valence-electron chi connectivity index (χ3n) is 3.72. The molecule has 1 saturated heterocycles. The van der Waals surface area contributed by atoms with E-state index in [0.717, 1.165) is 12.8 Å². The summed E-state index contributed by atoms with van der Waals surface area (Å²) in [6.45, 7) is 5.86. The van der Waals surface area contributed by atoms with Gasteiger partial charge in [-0.25, -0.2) is 13.1 Å². The van der Waals surface area contributed by atoms with Crippen LogP contribution in [0.3, 0.4) is 0 Å². The second-order valence-corrected chi connectivity index (χ2v) is 7.84. The summed E-state index contributed by atoms with van der Waals surface area (Å²) in [5.41, 5.74) is 1.09. The first-order valence-electron chi connectivity index (χ1n) is 6.83. The van der Waals surface area contributed by atoms with Gasteiger partial charge in [0.15, 0.2) is 0 Å². The quantitative estimate of drug-likeness (QED) is 0.903. The molecule has 118 valence electrons.